The number of quaternary nitrogens is 1. The molecule has 0 heterocycles. The number of unbranched alkanes of at least 4 members (excludes halogenated alkanes) is 9. The Hall–Kier alpha value is -1.80. The fourth-order valence-corrected chi connectivity index (χ4v) is 4.10. The van der Waals surface area contributed by atoms with Crippen LogP contribution in [0.4, 0.5) is 0 Å². The Kier molecular flexibility index (Phi) is 14.8. The van der Waals surface area contributed by atoms with Crippen molar-refractivity contribution in [2.24, 2.45) is 0 Å². The largest absolute Gasteiger partial charge is 0.494 e. The van der Waals surface area contributed by atoms with E-state index >= 15 is 0 Å². The van der Waals surface area contributed by atoms with E-state index < -0.39 is 0 Å². The standard InChI is InChI=1S/C28H46NO/c1-5-9-10-11-12-13-14-15-16-17-25-30-28-20-18-27(19-21-28)26-29(22-6-2,23-7-3)24-8-4/h6-8,18-21H,2-5,9-17,22-26H2,1H3/q+1. The summed E-state index contributed by atoms with van der Waals surface area (Å²) in [7, 11) is 0. The van der Waals surface area contributed by atoms with Crippen molar-refractivity contribution in [3.05, 3.63) is 67.8 Å². The number of nitrogens with zero attached hydrogens (tertiary/aromatic N) is 1. The van der Waals surface area contributed by atoms with Crippen LogP contribution in [-0.2, 0) is 6.54 Å². The maximum Gasteiger partial charge on any atom is 0.119 e. The monoisotopic (exact) mass is 412 g/mol. The summed E-state index contributed by atoms with van der Waals surface area (Å²) in [6.45, 7) is 18.6. The minimum atomic E-state index is 0.819. The molecule has 2 heteroatoms. The van der Waals surface area contributed by atoms with Crippen LogP contribution in [-0.4, -0.2) is 30.7 Å². The summed E-state index contributed by atoms with van der Waals surface area (Å²) in [6.07, 6.45) is 19.5. The summed E-state index contributed by atoms with van der Waals surface area (Å²) in [6, 6.07) is 8.60. The summed E-state index contributed by atoms with van der Waals surface area (Å²) in [5, 5.41) is 0. The van der Waals surface area contributed by atoms with Crippen molar-refractivity contribution in [1.82, 2.24) is 0 Å². The quantitative estimate of drug-likeness (QED) is 0.120. The van der Waals surface area contributed by atoms with E-state index in [0.29, 0.717) is 0 Å². The first kappa shape index (κ1) is 26.2. The van der Waals surface area contributed by atoms with Crippen molar-refractivity contribution in [1.29, 1.82) is 0 Å². The number of hydrogen-bond acceptors (Lipinski definition) is 1. The van der Waals surface area contributed by atoms with Crippen LogP contribution in [0.3, 0.4) is 0 Å². The van der Waals surface area contributed by atoms with E-state index in [1.54, 1.807) is 0 Å². The van der Waals surface area contributed by atoms with Gasteiger partial charge in [0.2, 0.25) is 0 Å². The normalized spacial score (nSPS) is 11.2. The lowest BCUT2D eigenvalue weighted by molar-refractivity contribution is -0.924. The molecule has 0 amide bonds. The molecule has 2 nitrogen and oxygen atoms in total. The van der Waals surface area contributed by atoms with Gasteiger partial charge in [-0.25, -0.2) is 0 Å². The van der Waals surface area contributed by atoms with E-state index in [-0.39, 0.29) is 0 Å². The fraction of sp³-hybridized carbons (Fsp3) is 0.571. The lowest BCUT2D eigenvalue weighted by Gasteiger charge is -2.36. The molecule has 0 unspecified atom stereocenters. The summed E-state index contributed by atoms with van der Waals surface area (Å²) in [4.78, 5) is 0. The molecule has 0 bridgehead atoms. The second-order valence-electron chi connectivity index (χ2n) is 8.59. The zero-order valence-electron chi connectivity index (χ0n) is 19.6. The van der Waals surface area contributed by atoms with E-state index in [9.17, 15) is 0 Å². The molecule has 0 radical (unpaired) electrons. The van der Waals surface area contributed by atoms with Crippen molar-refractivity contribution >= 4 is 0 Å². The maximum atomic E-state index is 5.95. The zero-order chi connectivity index (χ0) is 21.9. The SMILES string of the molecule is C=CC[N+](CC=C)(CC=C)Cc1ccc(OCCCCCCCCCCCC)cc1. The number of benzene rings is 1. The van der Waals surface area contributed by atoms with Crippen molar-refractivity contribution in [2.45, 2.75) is 77.7 Å². The first-order chi connectivity index (χ1) is 14.7. The fourth-order valence-electron chi connectivity index (χ4n) is 4.10. The highest BCUT2D eigenvalue weighted by Gasteiger charge is 2.23. The topological polar surface area (TPSA) is 9.23 Å². The van der Waals surface area contributed by atoms with Crippen LogP contribution in [0.2, 0.25) is 0 Å². The average Bonchev–Trinajstić information content (AvgIpc) is 2.74. The third-order valence-electron chi connectivity index (χ3n) is 5.76. The smallest absolute Gasteiger partial charge is 0.119 e. The van der Waals surface area contributed by atoms with Gasteiger partial charge in [0, 0.05) is 5.56 Å². The van der Waals surface area contributed by atoms with Crippen molar-refractivity contribution < 1.29 is 9.22 Å². The van der Waals surface area contributed by atoms with Gasteiger partial charge in [-0.2, -0.15) is 0 Å². The van der Waals surface area contributed by atoms with E-state index in [4.69, 9.17) is 4.74 Å². The Bertz CT molecular complexity index is 548. The first-order valence-electron chi connectivity index (χ1n) is 12.1. The van der Waals surface area contributed by atoms with Crippen LogP contribution >= 0.6 is 0 Å². The third kappa shape index (κ3) is 11.4. The summed E-state index contributed by atoms with van der Waals surface area (Å²) in [5.41, 5.74) is 1.31. The lowest BCUT2D eigenvalue weighted by Crippen LogP contribution is -2.47. The van der Waals surface area contributed by atoms with Gasteiger partial charge in [0.25, 0.3) is 0 Å². The van der Waals surface area contributed by atoms with Crippen LogP contribution in [0.15, 0.2) is 62.2 Å². The molecule has 1 rings (SSSR count). The van der Waals surface area contributed by atoms with E-state index in [0.717, 1.165) is 49.4 Å². The molecule has 1 aromatic carbocycles. The Morgan fingerprint density at radius 2 is 1.17 bits per heavy atom. The van der Waals surface area contributed by atoms with Gasteiger partial charge in [0.05, 0.1) is 26.2 Å². The van der Waals surface area contributed by atoms with Crippen LogP contribution < -0.4 is 4.74 Å². The molecule has 0 saturated heterocycles. The van der Waals surface area contributed by atoms with Gasteiger partial charge < -0.3 is 9.22 Å². The van der Waals surface area contributed by atoms with E-state index in [2.05, 4.69) is 50.9 Å². The first-order valence-corrected chi connectivity index (χ1v) is 12.1. The molecular formula is C28H46NO+. The zero-order valence-corrected chi connectivity index (χ0v) is 19.6. The second-order valence-corrected chi connectivity index (χ2v) is 8.59. The van der Waals surface area contributed by atoms with Crippen LogP contribution in [0.25, 0.3) is 0 Å². The van der Waals surface area contributed by atoms with Crippen molar-refractivity contribution in [2.75, 3.05) is 26.2 Å². The number of rotatable bonds is 20. The highest BCUT2D eigenvalue weighted by Crippen LogP contribution is 2.19. The minimum Gasteiger partial charge on any atom is -0.494 e. The van der Waals surface area contributed by atoms with Crippen molar-refractivity contribution in [3.8, 4) is 5.75 Å². The average molecular weight is 413 g/mol. The summed E-state index contributed by atoms with van der Waals surface area (Å²) in [5.74, 6) is 0.976. The van der Waals surface area contributed by atoms with Crippen LogP contribution in [0, 0.1) is 0 Å². The molecule has 0 aliphatic rings. The molecule has 0 aliphatic carbocycles. The number of hydrogen-bond donors (Lipinski definition) is 0. The summed E-state index contributed by atoms with van der Waals surface area (Å²) < 4.78 is 6.84. The maximum absolute atomic E-state index is 5.95. The highest BCUT2D eigenvalue weighted by atomic mass is 16.5. The molecule has 30 heavy (non-hydrogen) atoms. The molecule has 1 aromatic rings. The summed E-state index contributed by atoms with van der Waals surface area (Å²) >= 11 is 0. The highest BCUT2D eigenvalue weighted by molar-refractivity contribution is 5.26. The van der Waals surface area contributed by atoms with Gasteiger partial charge in [0.1, 0.15) is 12.3 Å². The number of ether oxygens (including phenoxy) is 1. The van der Waals surface area contributed by atoms with E-state index in [1.807, 2.05) is 18.2 Å². The predicted molar refractivity (Wildman–Crippen MR) is 133 cm³/mol. The molecule has 168 valence electrons. The lowest BCUT2D eigenvalue weighted by atomic mass is 10.1. The molecular weight excluding hydrogens is 366 g/mol. The van der Waals surface area contributed by atoms with Gasteiger partial charge in [-0.15, -0.1) is 0 Å². The van der Waals surface area contributed by atoms with Gasteiger partial charge in [-0.3, -0.25) is 0 Å². The van der Waals surface area contributed by atoms with Crippen molar-refractivity contribution in [3.63, 3.8) is 0 Å². The second kappa shape index (κ2) is 16.9. The molecule has 0 spiro atoms. The van der Waals surface area contributed by atoms with Gasteiger partial charge in [-0.1, -0.05) is 84.4 Å². The Labute approximate surface area is 186 Å². The third-order valence-corrected chi connectivity index (χ3v) is 5.76. The molecule has 0 atom stereocenters. The molecule has 0 aliphatic heterocycles. The van der Waals surface area contributed by atoms with E-state index in [1.165, 1.54) is 63.4 Å². The van der Waals surface area contributed by atoms with Crippen LogP contribution in [0.5, 0.6) is 5.75 Å². The molecule has 0 fully saturated rings. The Morgan fingerprint density at radius 3 is 1.63 bits per heavy atom. The molecule has 0 saturated carbocycles. The van der Waals surface area contributed by atoms with Gasteiger partial charge >= 0.3 is 0 Å². The molecule has 0 N–H and O–H groups in total. The Balaban J connectivity index is 2.28. The minimum absolute atomic E-state index is 0.819. The van der Waals surface area contributed by atoms with Gasteiger partial charge in [0.15, 0.2) is 0 Å². The molecule has 0 aromatic heterocycles. The van der Waals surface area contributed by atoms with Gasteiger partial charge in [-0.05, 0) is 48.9 Å². The van der Waals surface area contributed by atoms with Crippen LogP contribution in [0.1, 0.15) is 76.7 Å². The predicted octanol–water partition coefficient (Wildman–Crippen LogP) is 7.86. The Morgan fingerprint density at radius 1 is 0.700 bits per heavy atom.